The highest BCUT2D eigenvalue weighted by Crippen LogP contribution is 2.10. The van der Waals surface area contributed by atoms with Crippen LogP contribution in [0.25, 0.3) is 0 Å². The Balaban J connectivity index is 2.39. The van der Waals surface area contributed by atoms with Gasteiger partial charge >= 0.3 is 5.97 Å². The van der Waals surface area contributed by atoms with Crippen LogP contribution in [0, 0.1) is 12.7 Å². The molecule has 1 aromatic rings. The number of carbonyl (C=O) groups is 1. The number of hydrogen-bond donors (Lipinski definition) is 2. The highest BCUT2D eigenvalue weighted by molar-refractivity contribution is 5.67. The molecule has 1 rings (SSSR count). The smallest absolute Gasteiger partial charge is 0.306 e. The Hall–Kier alpha value is -1.46. The predicted molar refractivity (Wildman–Crippen MR) is 70.6 cm³/mol. The van der Waals surface area contributed by atoms with Crippen LogP contribution in [-0.4, -0.2) is 47.3 Å². The van der Waals surface area contributed by atoms with Crippen molar-refractivity contribution in [3.8, 4) is 0 Å². The van der Waals surface area contributed by atoms with Crippen molar-refractivity contribution in [1.82, 2.24) is 4.90 Å². The molecule has 0 radical (unpaired) electrons. The summed E-state index contributed by atoms with van der Waals surface area (Å²) < 4.78 is 13.1. The number of nitrogens with zero attached hydrogens (tertiary/aromatic N) is 1. The number of hydrogen-bond acceptors (Lipinski definition) is 3. The van der Waals surface area contributed by atoms with Crippen molar-refractivity contribution in [2.45, 2.75) is 25.9 Å². The van der Waals surface area contributed by atoms with Gasteiger partial charge in [0.2, 0.25) is 0 Å². The van der Waals surface area contributed by atoms with E-state index in [0.717, 1.165) is 12.0 Å². The Bertz CT molecular complexity index is 437. The van der Waals surface area contributed by atoms with Crippen molar-refractivity contribution in [2.24, 2.45) is 0 Å². The molecule has 1 aromatic carbocycles. The highest BCUT2D eigenvalue weighted by atomic mass is 19.1. The normalized spacial score (nSPS) is 12.7. The molecular weight excluding hydrogens is 249 g/mol. The molecule has 106 valence electrons. The zero-order chi connectivity index (χ0) is 14.4. The van der Waals surface area contributed by atoms with Crippen LogP contribution in [0.3, 0.4) is 0 Å². The second-order valence-corrected chi connectivity index (χ2v) is 4.85. The largest absolute Gasteiger partial charge is 0.481 e. The van der Waals surface area contributed by atoms with E-state index in [-0.39, 0.29) is 12.2 Å². The van der Waals surface area contributed by atoms with Crippen molar-refractivity contribution in [2.75, 3.05) is 20.1 Å². The van der Waals surface area contributed by atoms with Gasteiger partial charge in [0, 0.05) is 13.1 Å². The molecule has 0 spiro atoms. The van der Waals surface area contributed by atoms with Gasteiger partial charge in [-0.15, -0.1) is 0 Å². The number of carboxylic acid groups (broad SMARTS) is 1. The number of benzene rings is 1. The number of aliphatic hydroxyl groups excluding tert-OH is 1. The fraction of sp³-hybridized carbons (Fsp3) is 0.500. The van der Waals surface area contributed by atoms with Gasteiger partial charge in [0.05, 0.1) is 12.5 Å². The molecule has 5 heteroatoms. The van der Waals surface area contributed by atoms with Gasteiger partial charge < -0.3 is 15.1 Å². The minimum Gasteiger partial charge on any atom is -0.481 e. The van der Waals surface area contributed by atoms with E-state index in [2.05, 4.69) is 0 Å². The molecular formula is C14H20FNO3. The molecule has 0 saturated heterocycles. The van der Waals surface area contributed by atoms with Crippen molar-refractivity contribution in [3.05, 3.63) is 35.1 Å². The highest BCUT2D eigenvalue weighted by Gasteiger charge is 2.12. The molecule has 0 heterocycles. The lowest BCUT2D eigenvalue weighted by Crippen LogP contribution is -2.32. The summed E-state index contributed by atoms with van der Waals surface area (Å²) in [5, 5.41) is 18.0. The maximum atomic E-state index is 13.1. The van der Waals surface area contributed by atoms with Crippen LogP contribution in [0.2, 0.25) is 0 Å². The van der Waals surface area contributed by atoms with E-state index in [1.54, 1.807) is 19.1 Å². The van der Waals surface area contributed by atoms with E-state index in [0.29, 0.717) is 18.7 Å². The lowest BCUT2D eigenvalue weighted by atomic mass is 10.1. The van der Waals surface area contributed by atoms with Gasteiger partial charge in [0.25, 0.3) is 0 Å². The third-order valence-electron chi connectivity index (χ3n) is 2.94. The maximum absolute atomic E-state index is 13.1. The average Bonchev–Trinajstić information content (AvgIpc) is 2.29. The fourth-order valence-electron chi connectivity index (χ4n) is 1.90. The number of carboxylic acids is 1. The minimum atomic E-state index is -1.00. The van der Waals surface area contributed by atoms with Gasteiger partial charge in [-0.05, 0) is 37.6 Å². The number of rotatable bonds is 7. The zero-order valence-corrected chi connectivity index (χ0v) is 11.3. The van der Waals surface area contributed by atoms with E-state index in [1.807, 2.05) is 11.9 Å². The lowest BCUT2D eigenvalue weighted by molar-refractivity contribution is -0.139. The second-order valence-electron chi connectivity index (χ2n) is 4.85. The van der Waals surface area contributed by atoms with Crippen LogP contribution in [0.15, 0.2) is 18.2 Å². The number of aliphatic carboxylic acids is 1. The fourth-order valence-corrected chi connectivity index (χ4v) is 1.90. The van der Waals surface area contributed by atoms with E-state index in [4.69, 9.17) is 5.11 Å². The summed E-state index contributed by atoms with van der Waals surface area (Å²) in [4.78, 5) is 12.3. The summed E-state index contributed by atoms with van der Waals surface area (Å²) in [5.41, 5.74) is 1.64. The van der Waals surface area contributed by atoms with E-state index < -0.39 is 12.1 Å². The van der Waals surface area contributed by atoms with Gasteiger partial charge in [0.1, 0.15) is 5.82 Å². The predicted octanol–water partition coefficient (Wildman–Crippen LogP) is 1.44. The molecule has 0 amide bonds. The molecule has 19 heavy (non-hydrogen) atoms. The average molecular weight is 269 g/mol. The first-order valence-electron chi connectivity index (χ1n) is 6.22. The van der Waals surface area contributed by atoms with E-state index in [1.165, 1.54) is 6.07 Å². The second kappa shape index (κ2) is 7.21. The summed E-state index contributed by atoms with van der Waals surface area (Å²) >= 11 is 0. The van der Waals surface area contributed by atoms with Gasteiger partial charge in [-0.25, -0.2) is 4.39 Å². The van der Waals surface area contributed by atoms with Crippen LogP contribution in [0.4, 0.5) is 4.39 Å². The van der Waals surface area contributed by atoms with Crippen LogP contribution in [-0.2, 0) is 11.2 Å². The number of aliphatic hydroxyl groups is 1. The first-order chi connectivity index (χ1) is 8.88. The van der Waals surface area contributed by atoms with Crippen LogP contribution >= 0.6 is 0 Å². The molecule has 1 unspecified atom stereocenters. The first kappa shape index (κ1) is 15.6. The summed E-state index contributed by atoms with van der Waals surface area (Å²) in [5.74, 6) is -1.22. The number of aryl methyl sites for hydroxylation is 1. The molecule has 4 nitrogen and oxygen atoms in total. The van der Waals surface area contributed by atoms with Gasteiger partial charge in [-0.1, -0.05) is 12.1 Å². The summed E-state index contributed by atoms with van der Waals surface area (Å²) in [6.07, 6.45) is -0.380. The summed E-state index contributed by atoms with van der Waals surface area (Å²) in [6.45, 7) is 2.72. The third-order valence-corrected chi connectivity index (χ3v) is 2.94. The molecule has 0 aliphatic rings. The summed E-state index contributed by atoms with van der Waals surface area (Å²) in [6, 6.07) is 4.99. The quantitative estimate of drug-likeness (QED) is 0.786. The third kappa shape index (κ3) is 5.81. The number of likely N-dealkylation sites (N-methyl/N-ethyl adjacent to an activating group) is 1. The molecule has 1 atom stereocenters. The molecule has 0 aromatic heterocycles. The van der Waals surface area contributed by atoms with Crippen LogP contribution in [0.5, 0.6) is 0 Å². The zero-order valence-electron chi connectivity index (χ0n) is 11.3. The SMILES string of the molecule is Cc1cc(CCN(C)CC(O)CC(=O)O)ccc1F. The minimum absolute atomic E-state index is 0.214. The summed E-state index contributed by atoms with van der Waals surface area (Å²) in [7, 11) is 1.82. The molecule has 0 bridgehead atoms. The molecule has 0 aliphatic carbocycles. The first-order valence-corrected chi connectivity index (χ1v) is 6.22. The Labute approximate surface area is 112 Å². The van der Waals surface area contributed by atoms with E-state index >= 15 is 0 Å². The van der Waals surface area contributed by atoms with E-state index in [9.17, 15) is 14.3 Å². The monoisotopic (exact) mass is 269 g/mol. The van der Waals surface area contributed by atoms with Crippen molar-refractivity contribution >= 4 is 5.97 Å². The number of halogens is 1. The Morgan fingerprint density at radius 1 is 1.47 bits per heavy atom. The van der Waals surface area contributed by atoms with Crippen molar-refractivity contribution < 1.29 is 19.4 Å². The van der Waals surface area contributed by atoms with Gasteiger partial charge in [0.15, 0.2) is 0 Å². The molecule has 0 fully saturated rings. The Kier molecular flexibility index (Phi) is 5.92. The Morgan fingerprint density at radius 3 is 2.74 bits per heavy atom. The molecule has 0 aliphatic heterocycles. The standard InChI is InChI=1S/C14H20FNO3/c1-10-7-11(3-4-13(10)15)5-6-16(2)9-12(17)8-14(18)19/h3-4,7,12,17H,5-6,8-9H2,1-2H3,(H,18,19). The lowest BCUT2D eigenvalue weighted by Gasteiger charge is -2.19. The van der Waals surface area contributed by atoms with Crippen LogP contribution < -0.4 is 0 Å². The van der Waals surface area contributed by atoms with Gasteiger partial charge in [-0.3, -0.25) is 4.79 Å². The van der Waals surface area contributed by atoms with Crippen molar-refractivity contribution in [3.63, 3.8) is 0 Å². The van der Waals surface area contributed by atoms with Gasteiger partial charge in [-0.2, -0.15) is 0 Å². The maximum Gasteiger partial charge on any atom is 0.306 e. The van der Waals surface area contributed by atoms with Crippen LogP contribution in [0.1, 0.15) is 17.5 Å². The molecule has 0 saturated carbocycles. The Morgan fingerprint density at radius 2 is 2.16 bits per heavy atom. The van der Waals surface area contributed by atoms with Crippen molar-refractivity contribution in [1.29, 1.82) is 0 Å². The molecule has 2 N–H and O–H groups in total. The topological polar surface area (TPSA) is 60.8 Å².